The maximum absolute atomic E-state index is 11.7. The average Bonchev–Trinajstić information content (AvgIpc) is 2.55. The van der Waals surface area contributed by atoms with E-state index in [1.807, 2.05) is 0 Å². The highest BCUT2D eigenvalue weighted by atomic mass is 16.6. The second-order valence-corrected chi connectivity index (χ2v) is 6.83. The molecule has 0 heterocycles. The van der Waals surface area contributed by atoms with E-state index in [-0.39, 0.29) is 45.7 Å². The van der Waals surface area contributed by atoms with Gasteiger partial charge >= 0.3 is 17.9 Å². The van der Waals surface area contributed by atoms with Crippen LogP contribution in [0.25, 0.3) is 0 Å². The largest absolute Gasteiger partial charge is 0.463 e. The van der Waals surface area contributed by atoms with Gasteiger partial charge in [0.15, 0.2) is 6.10 Å². The van der Waals surface area contributed by atoms with E-state index < -0.39 is 48.4 Å². The summed E-state index contributed by atoms with van der Waals surface area (Å²) >= 11 is 0. The van der Waals surface area contributed by atoms with Crippen molar-refractivity contribution >= 4 is 17.9 Å². The van der Waals surface area contributed by atoms with Gasteiger partial charge < -0.3 is 39.4 Å². The molecule has 0 radical (unpaired) electrons. The van der Waals surface area contributed by atoms with Gasteiger partial charge in [0, 0.05) is 0 Å². The molecule has 0 amide bonds. The van der Waals surface area contributed by atoms with Gasteiger partial charge in [0.25, 0.3) is 0 Å². The van der Waals surface area contributed by atoms with Gasteiger partial charge in [-0.25, -0.2) is 0 Å². The quantitative estimate of drug-likeness (QED) is 0.181. The number of hydrogen-bond donors (Lipinski definition) is 4. The van der Waals surface area contributed by atoms with E-state index in [4.69, 9.17) is 29.2 Å². The van der Waals surface area contributed by atoms with Crippen molar-refractivity contribution in [3.05, 3.63) is 0 Å². The van der Waals surface area contributed by atoms with Crippen LogP contribution in [0.5, 0.6) is 0 Å². The molecular weight excluding hydrogens is 392 g/mol. The summed E-state index contributed by atoms with van der Waals surface area (Å²) in [6, 6.07) is 0. The van der Waals surface area contributed by atoms with Crippen molar-refractivity contribution in [2.75, 3.05) is 26.4 Å². The van der Waals surface area contributed by atoms with Gasteiger partial charge in [-0.3, -0.25) is 14.4 Å². The fourth-order valence-corrected chi connectivity index (χ4v) is 1.95. The van der Waals surface area contributed by atoms with Crippen LogP contribution in [-0.4, -0.2) is 95.3 Å². The Hall–Kier alpha value is -1.79. The van der Waals surface area contributed by atoms with E-state index in [1.54, 1.807) is 0 Å². The third kappa shape index (κ3) is 16.8. The van der Waals surface area contributed by atoms with Crippen LogP contribution in [0, 0.1) is 0 Å². The van der Waals surface area contributed by atoms with Gasteiger partial charge in [-0.2, -0.15) is 0 Å². The summed E-state index contributed by atoms with van der Waals surface area (Å²) in [6.45, 7) is 3.08. The summed E-state index contributed by atoms with van der Waals surface area (Å²) in [5, 5.41) is 37.2. The molecule has 0 aliphatic carbocycles. The summed E-state index contributed by atoms with van der Waals surface area (Å²) in [5.74, 6) is -2.09. The topological polar surface area (TPSA) is 169 Å². The highest BCUT2D eigenvalue weighted by molar-refractivity contribution is 5.71. The Kier molecular flexibility index (Phi) is 14.2. The summed E-state index contributed by atoms with van der Waals surface area (Å²) < 4.78 is 20.0. The van der Waals surface area contributed by atoms with E-state index in [9.17, 15) is 24.6 Å². The lowest BCUT2D eigenvalue weighted by molar-refractivity contribution is -0.166. The van der Waals surface area contributed by atoms with Crippen molar-refractivity contribution in [2.24, 2.45) is 0 Å². The summed E-state index contributed by atoms with van der Waals surface area (Å²) in [5.41, 5.74) is 0. The molecule has 4 N–H and O–H groups in total. The number of carbonyl (C=O) groups is 3. The van der Waals surface area contributed by atoms with Gasteiger partial charge in [-0.05, 0) is 20.8 Å². The molecule has 0 aromatic carbocycles. The van der Waals surface area contributed by atoms with Crippen LogP contribution in [0.15, 0.2) is 0 Å². The molecule has 0 bridgehead atoms. The standard InChI is InChI=1S/C18H32O11/c1-11(19)4-16(23)27-8-14(22)7-26-9-15(29-18(25)6-13(3)21)10-28-17(24)5-12(2)20/h11-15,19-22H,4-10H2,1-3H3/t11-,12+,13+,14?,15?/m0/s1. The second kappa shape index (κ2) is 15.1. The fourth-order valence-electron chi connectivity index (χ4n) is 1.95. The van der Waals surface area contributed by atoms with Crippen LogP contribution in [0.2, 0.25) is 0 Å². The number of esters is 3. The van der Waals surface area contributed by atoms with E-state index in [1.165, 1.54) is 20.8 Å². The lowest BCUT2D eigenvalue weighted by Crippen LogP contribution is -2.33. The predicted molar refractivity (Wildman–Crippen MR) is 97.5 cm³/mol. The number of rotatable bonds is 15. The molecular formula is C18H32O11. The molecule has 0 fully saturated rings. The summed E-state index contributed by atoms with van der Waals surface area (Å²) in [7, 11) is 0. The van der Waals surface area contributed by atoms with Crippen LogP contribution in [0.3, 0.4) is 0 Å². The van der Waals surface area contributed by atoms with Gasteiger partial charge in [0.1, 0.15) is 19.3 Å². The minimum atomic E-state index is -1.15. The number of ether oxygens (including phenoxy) is 4. The van der Waals surface area contributed by atoms with Crippen LogP contribution < -0.4 is 0 Å². The molecule has 0 aromatic heterocycles. The molecule has 0 aliphatic heterocycles. The fraction of sp³-hybridized carbons (Fsp3) is 0.833. The zero-order chi connectivity index (χ0) is 22.4. The first-order chi connectivity index (χ1) is 13.5. The van der Waals surface area contributed by atoms with Gasteiger partial charge in [-0.15, -0.1) is 0 Å². The second-order valence-electron chi connectivity index (χ2n) is 6.83. The molecule has 29 heavy (non-hydrogen) atoms. The summed E-state index contributed by atoms with van der Waals surface area (Å²) in [6.07, 6.45) is -5.51. The third-order valence-electron chi connectivity index (χ3n) is 3.17. The maximum Gasteiger partial charge on any atom is 0.308 e. The zero-order valence-corrected chi connectivity index (χ0v) is 17.0. The van der Waals surface area contributed by atoms with Gasteiger partial charge in [0.2, 0.25) is 0 Å². The molecule has 11 nitrogen and oxygen atoms in total. The monoisotopic (exact) mass is 424 g/mol. The van der Waals surface area contributed by atoms with Gasteiger partial charge in [0.05, 0.1) is 50.8 Å². The van der Waals surface area contributed by atoms with Crippen molar-refractivity contribution in [3.8, 4) is 0 Å². The minimum Gasteiger partial charge on any atom is -0.463 e. The van der Waals surface area contributed by atoms with E-state index >= 15 is 0 Å². The normalized spacial score (nSPS) is 16.2. The first-order valence-electron chi connectivity index (χ1n) is 9.30. The van der Waals surface area contributed by atoms with Crippen LogP contribution in [-0.2, 0) is 33.3 Å². The minimum absolute atomic E-state index is 0.202. The lowest BCUT2D eigenvalue weighted by atomic mass is 10.3. The van der Waals surface area contributed by atoms with Gasteiger partial charge in [-0.1, -0.05) is 0 Å². The van der Waals surface area contributed by atoms with E-state index in [0.29, 0.717) is 0 Å². The lowest BCUT2D eigenvalue weighted by Gasteiger charge is -2.20. The Balaban J connectivity index is 4.41. The van der Waals surface area contributed by atoms with Crippen LogP contribution >= 0.6 is 0 Å². The molecule has 0 aromatic rings. The predicted octanol–water partition coefficient (Wildman–Crippen LogP) is -1.33. The zero-order valence-electron chi connectivity index (χ0n) is 17.0. The molecule has 0 spiro atoms. The molecule has 0 saturated heterocycles. The molecule has 11 heteroatoms. The number of aliphatic hydroxyl groups excluding tert-OH is 4. The van der Waals surface area contributed by atoms with Crippen molar-refractivity contribution in [3.63, 3.8) is 0 Å². The van der Waals surface area contributed by atoms with Crippen molar-refractivity contribution in [2.45, 2.75) is 70.6 Å². The Morgan fingerprint density at radius 3 is 1.59 bits per heavy atom. The molecule has 5 atom stereocenters. The van der Waals surface area contributed by atoms with Crippen molar-refractivity contribution < 1.29 is 53.8 Å². The summed E-state index contributed by atoms with van der Waals surface area (Å²) in [4.78, 5) is 34.5. The first-order valence-corrected chi connectivity index (χ1v) is 9.30. The van der Waals surface area contributed by atoms with E-state index in [0.717, 1.165) is 0 Å². The highest BCUT2D eigenvalue weighted by Gasteiger charge is 2.20. The number of aliphatic hydroxyl groups is 4. The molecule has 0 rings (SSSR count). The van der Waals surface area contributed by atoms with Crippen molar-refractivity contribution in [1.29, 1.82) is 0 Å². The Morgan fingerprint density at radius 1 is 0.655 bits per heavy atom. The molecule has 0 aliphatic rings. The smallest absolute Gasteiger partial charge is 0.308 e. The number of hydrogen-bond acceptors (Lipinski definition) is 11. The Labute approximate surface area is 169 Å². The molecule has 170 valence electrons. The Bertz CT molecular complexity index is 490. The third-order valence-corrected chi connectivity index (χ3v) is 3.17. The van der Waals surface area contributed by atoms with Crippen LogP contribution in [0.4, 0.5) is 0 Å². The molecule has 2 unspecified atom stereocenters. The van der Waals surface area contributed by atoms with Crippen LogP contribution in [0.1, 0.15) is 40.0 Å². The van der Waals surface area contributed by atoms with Crippen molar-refractivity contribution in [1.82, 2.24) is 0 Å². The number of carbonyl (C=O) groups excluding carboxylic acids is 3. The Morgan fingerprint density at radius 2 is 1.10 bits per heavy atom. The maximum atomic E-state index is 11.7. The first kappa shape index (κ1) is 27.2. The molecule has 0 saturated carbocycles. The SMILES string of the molecule is C[C@H](O)CC(=O)OCC(O)COCC(COC(=O)C[C@@H](C)O)OC(=O)C[C@@H](C)O. The average molecular weight is 424 g/mol. The highest BCUT2D eigenvalue weighted by Crippen LogP contribution is 2.04. The van der Waals surface area contributed by atoms with E-state index in [2.05, 4.69) is 0 Å².